The van der Waals surface area contributed by atoms with Crippen LogP contribution in [0.25, 0.3) is 0 Å². The Kier molecular flexibility index (Phi) is 4.60. The van der Waals surface area contributed by atoms with E-state index in [2.05, 4.69) is 28.5 Å². The zero-order valence-corrected chi connectivity index (χ0v) is 8.84. The number of thioether (sulfide) groups is 1. The van der Waals surface area contributed by atoms with Crippen LogP contribution in [0.15, 0.2) is 18.6 Å². The van der Waals surface area contributed by atoms with Crippen LogP contribution in [-0.4, -0.2) is 28.5 Å². The molecule has 1 unspecified atom stereocenters. The first-order chi connectivity index (χ1) is 6.33. The van der Waals surface area contributed by atoms with Crippen LogP contribution in [0.2, 0.25) is 0 Å². The third-order valence-corrected chi connectivity index (χ3v) is 2.57. The number of nitrogens with zero attached hydrogens (tertiary/aromatic N) is 2. The van der Waals surface area contributed by atoms with Crippen molar-refractivity contribution in [3.63, 3.8) is 0 Å². The molecule has 0 aliphatic carbocycles. The van der Waals surface area contributed by atoms with E-state index in [1.807, 2.05) is 17.8 Å². The molecule has 3 nitrogen and oxygen atoms in total. The third-order valence-electron chi connectivity index (χ3n) is 1.66. The molecule has 0 radical (unpaired) electrons. The number of anilines is 1. The minimum atomic E-state index is 0.671. The highest BCUT2D eigenvalue weighted by molar-refractivity contribution is 7.98. The van der Waals surface area contributed by atoms with Crippen molar-refractivity contribution in [1.82, 2.24) is 9.97 Å². The lowest BCUT2D eigenvalue weighted by Gasteiger charge is -2.10. The first-order valence-corrected chi connectivity index (χ1v) is 5.71. The summed E-state index contributed by atoms with van der Waals surface area (Å²) in [6.07, 6.45) is 5.43. The highest BCUT2D eigenvalue weighted by Crippen LogP contribution is 2.06. The van der Waals surface area contributed by atoms with Crippen LogP contribution < -0.4 is 5.32 Å². The predicted octanol–water partition coefficient (Wildman–Crippen LogP) is 1.89. The van der Waals surface area contributed by atoms with E-state index in [1.165, 1.54) is 5.75 Å². The summed E-state index contributed by atoms with van der Waals surface area (Å²) >= 11 is 1.87. The van der Waals surface area contributed by atoms with Gasteiger partial charge in [0.15, 0.2) is 0 Å². The van der Waals surface area contributed by atoms with Gasteiger partial charge in [-0.25, -0.2) is 9.97 Å². The third kappa shape index (κ3) is 4.12. The SMILES string of the molecule is CSCC(C)CNc1ccncn1. The largest absolute Gasteiger partial charge is 0.370 e. The molecule has 1 aromatic rings. The van der Waals surface area contributed by atoms with E-state index >= 15 is 0 Å². The number of hydrogen-bond donors (Lipinski definition) is 1. The maximum Gasteiger partial charge on any atom is 0.129 e. The fraction of sp³-hybridized carbons (Fsp3) is 0.556. The van der Waals surface area contributed by atoms with Crippen molar-refractivity contribution >= 4 is 17.6 Å². The van der Waals surface area contributed by atoms with Crippen LogP contribution in [0.3, 0.4) is 0 Å². The van der Waals surface area contributed by atoms with Crippen molar-refractivity contribution in [3.05, 3.63) is 18.6 Å². The molecule has 1 rings (SSSR count). The van der Waals surface area contributed by atoms with Crippen molar-refractivity contribution < 1.29 is 0 Å². The van der Waals surface area contributed by atoms with Crippen molar-refractivity contribution in [2.75, 3.05) is 23.9 Å². The zero-order chi connectivity index (χ0) is 9.52. The molecule has 4 heteroatoms. The van der Waals surface area contributed by atoms with Crippen molar-refractivity contribution in [3.8, 4) is 0 Å². The van der Waals surface area contributed by atoms with Gasteiger partial charge in [-0.3, -0.25) is 0 Å². The molecule has 0 aromatic carbocycles. The van der Waals surface area contributed by atoms with Crippen molar-refractivity contribution in [2.24, 2.45) is 5.92 Å². The van der Waals surface area contributed by atoms with Gasteiger partial charge in [0.2, 0.25) is 0 Å². The van der Waals surface area contributed by atoms with Gasteiger partial charge in [0, 0.05) is 12.7 Å². The maximum atomic E-state index is 4.08. The summed E-state index contributed by atoms with van der Waals surface area (Å²) in [5.41, 5.74) is 0. The van der Waals surface area contributed by atoms with Gasteiger partial charge >= 0.3 is 0 Å². The quantitative estimate of drug-likeness (QED) is 0.782. The predicted molar refractivity (Wildman–Crippen MR) is 58.1 cm³/mol. The second-order valence-electron chi connectivity index (χ2n) is 3.04. The maximum absolute atomic E-state index is 4.08. The summed E-state index contributed by atoms with van der Waals surface area (Å²) in [7, 11) is 0. The smallest absolute Gasteiger partial charge is 0.129 e. The van der Waals surface area contributed by atoms with Gasteiger partial charge < -0.3 is 5.32 Å². The van der Waals surface area contributed by atoms with E-state index in [9.17, 15) is 0 Å². The molecular formula is C9H15N3S. The van der Waals surface area contributed by atoms with E-state index in [1.54, 1.807) is 12.5 Å². The Morgan fingerprint density at radius 2 is 2.46 bits per heavy atom. The number of aromatic nitrogens is 2. The molecule has 0 fully saturated rings. The highest BCUT2D eigenvalue weighted by Gasteiger charge is 2.00. The standard InChI is InChI=1S/C9H15N3S/c1-8(6-13-2)5-11-9-3-4-10-7-12-9/h3-4,7-8H,5-6H2,1-2H3,(H,10,11,12). The Hall–Kier alpha value is -0.770. The summed E-state index contributed by atoms with van der Waals surface area (Å²) < 4.78 is 0. The molecular weight excluding hydrogens is 182 g/mol. The number of hydrogen-bond acceptors (Lipinski definition) is 4. The molecule has 0 amide bonds. The number of nitrogens with one attached hydrogen (secondary N) is 1. The lowest BCUT2D eigenvalue weighted by Crippen LogP contribution is -2.13. The summed E-state index contributed by atoms with van der Waals surface area (Å²) in [5.74, 6) is 2.76. The Morgan fingerprint density at radius 1 is 1.62 bits per heavy atom. The average Bonchev–Trinajstić information content (AvgIpc) is 2.17. The molecule has 0 spiro atoms. The van der Waals surface area contributed by atoms with Crippen LogP contribution in [-0.2, 0) is 0 Å². The molecule has 0 aliphatic rings. The molecule has 72 valence electrons. The Balaban J connectivity index is 2.27. The van der Waals surface area contributed by atoms with Crippen molar-refractivity contribution in [1.29, 1.82) is 0 Å². The molecule has 0 bridgehead atoms. The van der Waals surface area contributed by atoms with Gasteiger partial charge in [-0.05, 0) is 24.0 Å². The fourth-order valence-electron chi connectivity index (χ4n) is 1.02. The van der Waals surface area contributed by atoms with Crippen LogP contribution in [0, 0.1) is 5.92 Å². The van der Waals surface area contributed by atoms with E-state index in [0.29, 0.717) is 5.92 Å². The monoisotopic (exact) mass is 197 g/mol. The van der Waals surface area contributed by atoms with Gasteiger partial charge in [-0.1, -0.05) is 6.92 Å². The lowest BCUT2D eigenvalue weighted by atomic mass is 10.2. The van der Waals surface area contributed by atoms with Crippen LogP contribution >= 0.6 is 11.8 Å². The zero-order valence-electron chi connectivity index (χ0n) is 8.03. The Labute approximate surface area is 83.4 Å². The molecule has 1 atom stereocenters. The Morgan fingerprint density at radius 3 is 3.08 bits per heavy atom. The van der Waals surface area contributed by atoms with Gasteiger partial charge in [-0.2, -0.15) is 11.8 Å². The normalized spacial score (nSPS) is 12.5. The van der Waals surface area contributed by atoms with Gasteiger partial charge in [0.25, 0.3) is 0 Å². The topological polar surface area (TPSA) is 37.8 Å². The minimum absolute atomic E-state index is 0.671. The second kappa shape index (κ2) is 5.80. The Bertz CT molecular complexity index is 228. The summed E-state index contributed by atoms with van der Waals surface area (Å²) in [4.78, 5) is 7.94. The van der Waals surface area contributed by atoms with E-state index in [4.69, 9.17) is 0 Å². The van der Waals surface area contributed by atoms with Crippen LogP contribution in [0.5, 0.6) is 0 Å². The second-order valence-corrected chi connectivity index (χ2v) is 3.95. The lowest BCUT2D eigenvalue weighted by molar-refractivity contribution is 0.699. The molecule has 1 heterocycles. The van der Waals surface area contributed by atoms with Crippen LogP contribution in [0.1, 0.15) is 6.92 Å². The molecule has 1 aromatic heterocycles. The van der Waals surface area contributed by atoms with E-state index in [0.717, 1.165) is 12.4 Å². The first-order valence-electron chi connectivity index (χ1n) is 4.31. The minimum Gasteiger partial charge on any atom is -0.370 e. The average molecular weight is 197 g/mol. The molecule has 0 aliphatic heterocycles. The van der Waals surface area contributed by atoms with E-state index < -0.39 is 0 Å². The highest BCUT2D eigenvalue weighted by atomic mass is 32.2. The van der Waals surface area contributed by atoms with Gasteiger partial charge in [-0.15, -0.1) is 0 Å². The molecule has 0 saturated heterocycles. The fourth-order valence-corrected chi connectivity index (χ4v) is 1.70. The molecule has 13 heavy (non-hydrogen) atoms. The van der Waals surface area contributed by atoms with E-state index in [-0.39, 0.29) is 0 Å². The first kappa shape index (κ1) is 10.3. The van der Waals surface area contributed by atoms with Gasteiger partial charge in [0.05, 0.1) is 0 Å². The summed E-state index contributed by atoms with van der Waals surface area (Å²) in [6, 6.07) is 1.88. The van der Waals surface area contributed by atoms with Gasteiger partial charge in [0.1, 0.15) is 12.1 Å². The summed E-state index contributed by atoms with van der Waals surface area (Å²) in [6.45, 7) is 3.20. The number of rotatable bonds is 5. The van der Waals surface area contributed by atoms with Crippen molar-refractivity contribution in [2.45, 2.75) is 6.92 Å². The molecule has 1 N–H and O–H groups in total. The summed E-state index contributed by atoms with van der Waals surface area (Å²) in [5, 5.41) is 3.26. The van der Waals surface area contributed by atoms with Crippen LogP contribution in [0.4, 0.5) is 5.82 Å². The molecule has 0 saturated carbocycles.